The van der Waals surface area contributed by atoms with E-state index in [0.29, 0.717) is 0 Å². The number of amides is 1. The molecule has 1 heterocycles. The standard InChI is InChI=1S/C16H17NOS/c1-11-9-10-19-15(11)16(18)17-14-8-4-6-12-5-2-3-7-13(12)14/h2-3,5,7,9-10,14H,4,6,8H2,1H3,(H,17,18)/t14-/m0/s1. The first-order chi connectivity index (χ1) is 9.25. The molecule has 1 aromatic carbocycles. The van der Waals surface area contributed by atoms with Crippen molar-refractivity contribution in [3.05, 3.63) is 57.3 Å². The minimum Gasteiger partial charge on any atom is -0.345 e. The molecule has 0 saturated heterocycles. The van der Waals surface area contributed by atoms with Gasteiger partial charge in [-0.15, -0.1) is 11.3 Å². The van der Waals surface area contributed by atoms with Crippen LogP contribution in [0.3, 0.4) is 0 Å². The van der Waals surface area contributed by atoms with Gasteiger partial charge in [-0.1, -0.05) is 24.3 Å². The lowest BCUT2D eigenvalue weighted by atomic mass is 9.88. The highest BCUT2D eigenvalue weighted by Gasteiger charge is 2.22. The van der Waals surface area contributed by atoms with Gasteiger partial charge in [0, 0.05) is 0 Å². The molecule has 1 aliphatic carbocycles. The Hall–Kier alpha value is -1.61. The molecule has 1 amide bonds. The molecule has 3 heteroatoms. The number of aryl methyl sites for hydroxylation is 2. The zero-order valence-electron chi connectivity index (χ0n) is 11.0. The lowest BCUT2D eigenvalue weighted by molar-refractivity contribution is 0.0936. The van der Waals surface area contributed by atoms with E-state index >= 15 is 0 Å². The summed E-state index contributed by atoms with van der Waals surface area (Å²) in [6.07, 6.45) is 3.30. The van der Waals surface area contributed by atoms with Crippen molar-refractivity contribution in [1.82, 2.24) is 5.32 Å². The van der Waals surface area contributed by atoms with Gasteiger partial charge in [0.25, 0.3) is 5.91 Å². The van der Waals surface area contributed by atoms with Gasteiger partial charge in [-0.05, 0) is 54.3 Å². The Morgan fingerprint density at radius 2 is 2.16 bits per heavy atom. The molecule has 0 radical (unpaired) electrons. The molecule has 0 spiro atoms. The van der Waals surface area contributed by atoms with Gasteiger partial charge in [0.2, 0.25) is 0 Å². The average Bonchev–Trinajstić information content (AvgIpc) is 2.85. The number of benzene rings is 1. The van der Waals surface area contributed by atoms with Crippen LogP contribution in [-0.2, 0) is 6.42 Å². The van der Waals surface area contributed by atoms with Crippen molar-refractivity contribution in [2.45, 2.75) is 32.2 Å². The molecule has 0 unspecified atom stereocenters. The molecule has 1 atom stereocenters. The summed E-state index contributed by atoms with van der Waals surface area (Å²) in [5.41, 5.74) is 3.73. The molecule has 1 aliphatic rings. The number of carbonyl (C=O) groups excluding carboxylic acids is 1. The van der Waals surface area contributed by atoms with Crippen molar-refractivity contribution in [1.29, 1.82) is 0 Å². The third-order valence-corrected chi connectivity index (χ3v) is 4.76. The van der Waals surface area contributed by atoms with Gasteiger partial charge in [-0.25, -0.2) is 0 Å². The normalized spacial score (nSPS) is 17.8. The average molecular weight is 271 g/mol. The summed E-state index contributed by atoms with van der Waals surface area (Å²) in [6, 6.07) is 10.6. The number of rotatable bonds is 2. The van der Waals surface area contributed by atoms with Crippen molar-refractivity contribution in [3.63, 3.8) is 0 Å². The quantitative estimate of drug-likeness (QED) is 0.882. The van der Waals surface area contributed by atoms with Gasteiger partial charge in [0.05, 0.1) is 10.9 Å². The van der Waals surface area contributed by atoms with E-state index < -0.39 is 0 Å². The molecule has 0 fully saturated rings. The molecule has 2 nitrogen and oxygen atoms in total. The second-order valence-electron chi connectivity index (χ2n) is 5.05. The van der Waals surface area contributed by atoms with Gasteiger partial charge in [0.15, 0.2) is 0 Å². The minimum absolute atomic E-state index is 0.0641. The maximum absolute atomic E-state index is 12.3. The first-order valence-corrected chi connectivity index (χ1v) is 7.56. The fraction of sp³-hybridized carbons (Fsp3) is 0.312. The van der Waals surface area contributed by atoms with Crippen LogP contribution in [0.1, 0.15) is 45.2 Å². The number of fused-ring (bicyclic) bond motifs is 1. The van der Waals surface area contributed by atoms with Crippen LogP contribution in [0.5, 0.6) is 0 Å². The predicted octanol–water partition coefficient (Wildman–Crippen LogP) is 3.86. The van der Waals surface area contributed by atoms with Crippen molar-refractivity contribution in [2.75, 3.05) is 0 Å². The fourth-order valence-corrected chi connectivity index (χ4v) is 3.56. The van der Waals surface area contributed by atoms with Gasteiger partial charge >= 0.3 is 0 Å². The number of hydrogen-bond donors (Lipinski definition) is 1. The van der Waals surface area contributed by atoms with Crippen LogP contribution < -0.4 is 5.32 Å². The number of carbonyl (C=O) groups is 1. The first-order valence-electron chi connectivity index (χ1n) is 6.68. The van der Waals surface area contributed by atoms with E-state index in [-0.39, 0.29) is 11.9 Å². The smallest absolute Gasteiger partial charge is 0.262 e. The van der Waals surface area contributed by atoms with E-state index in [9.17, 15) is 4.79 Å². The third-order valence-electron chi connectivity index (χ3n) is 3.74. The maximum Gasteiger partial charge on any atom is 0.262 e. The van der Waals surface area contributed by atoms with E-state index in [1.807, 2.05) is 18.4 Å². The Kier molecular flexibility index (Phi) is 3.38. The lowest BCUT2D eigenvalue weighted by Gasteiger charge is -2.26. The highest BCUT2D eigenvalue weighted by molar-refractivity contribution is 7.12. The molecule has 0 aliphatic heterocycles. The fourth-order valence-electron chi connectivity index (χ4n) is 2.73. The van der Waals surface area contributed by atoms with Crippen molar-refractivity contribution >= 4 is 17.2 Å². The van der Waals surface area contributed by atoms with Crippen LogP contribution in [0.15, 0.2) is 35.7 Å². The monoisotopic (exact) mass is 271 g/mol. The topological polar surface area (TPSA) is 29.1 Å². The molecular formula is C16H17NOS. The minimum atomic E-state index is 0.0641. The van der Waals surface area contributed by atoms with E-state index in [1.54, 1.807) is 0 Å². The predicted molar refractivity (Wildman–Crippen MR) is 78.6 cm³/mol. The first kappa shape index (κ1) is 12.4. The third kappa shape index (κ3) is 2.43. The Balaban J connectivity index is 1.82. The second-order valence-corrected chi connectivity index (χ2v) is 5.97. The van der Waals surface area contributed by atoms with Crippen LogP contribution >= 0.6 is 11.3 Å². The van der Waals surface area contributed by atoms with Gasteiger partial charge in [-0.3, -0.25) is 4.79 Å². The van der Waals surface area contributed by atoms with Crippen molar-refractivity contribution in [3.8, 4) is 0 Å². The zero-order chi connectivity index (χ0) is 13.2. The Morgan fingerprint density at radius 1 is 1.32 bits per heavy atom. The van der Waals surface area contributed by atoms with E-state index in [4.69, 9.17) is 0 Å². The molecule has 2 aromatic rings. The number of nitrogens with one attached hydrogen (secondary N) is 1. The summed E-state index contributed by atoms with van der Waals surface area (Å²) < 4.78 is 0. The van der Waals surface area contributed by atoms with Crippen LogP contribution in [-0.4, -0.2) is 5.91 Å². The highest BCUT2D eigenvalue weighted by Crippen LogP contribution is 2.30. The highest BCUT2D eigenvalue weighted by atomic mass is 32.1. The van der Waals surface area contributed by atoms with Crippen molar-refractivity contribution in [2.24, 2.45) is 0 Å². The van der Waals surface area contributed by atoms with Crippen LogP contribution in [0.4, 0.5) is 0 Å². The molecule has 3 rings (SSSR count). The molecule has 1 aromatic heterocycles. The molecule has 0 saturated carbocycles. The Labute approximate surface area is 117 Å². The molecule has 1 N–H and O–H groups in total. The number of hydrogen-bond acceptors (Lipinski definition) is 2. The lowest BCUT2D eigenvalue weighted by Crippen LogP contribution is -2.30. The SMILES string of the molecule is Cc1ccsc1C(=O)N[C@H]1CCCc2ccccc21. The van der Waals surface area contributed by atoms with E-state index in [0.717, 1.165) is 29.7 Å². The molecule has 0 bridgehead atoms. The Morgan fingerprint density at radius 3 is 2.95 bits per heavy atom. The molecule has 98 valence electrons. The largest absolute Gasteiger partial charge is 0.345 e. The summed E-state index contributed by atoms with van der Waals surface area (Å²) in [5, 5.41) is 5.16. The van der Waals surface area contributed by atoms with E-state index in [1.165, 1.54) is 22.5 Å². The second kappa shape index (κ2) is 5.17. The van der Waals surface area contributed by atoms with Crippen LogP contribution in [0.25, 0.3) is 0 Å². The zero-order valence-corrected chi connectivity index (χ0v) is 11.8. The number of thiophene rings is 1. The summed E-state index contributed by atoms with van der Waals surface area (Å²) >= 11 is 1.52. The maximum atomic E-state index is 12.3. The molecular weight excluding hydrogens is 254 g/mol. The summed E-state index contributed by atoms with van der Waals surface area (Å²) in [7, 11) is 0. The summed E-state index contributed by atoms with van der Waals surface area (Å²) in [4.78, 5) is 13.1. The van der Waals surface area contributed by atoms with Gasteiger partial charge in [-0.2, -0.15) is 0 Å². The summed E-state index contributed by atoms with van der Waals surface area (Å²) in [6.45, 7) is 1.99. The van der Waals surface area contributed by atoms with Gasteiger partial charge < -0.3 is 5.32 Å². The van der Waals surface area contributed by atoms with Crippen LogP contribution in [0.2, 0.25) is 0 Å². The van der Waals surface area contributed by atoms with Crippen molar-refractivity contribution < 1.29 is 4.79 Å². The summed E-state index contributed by atoms with van der Waals surface area (Å²) in [5.74, 6) is 0.0641. The van der Waals surface area contributed by atoms with Gasteiger partial charge in [0.1, 0.15) is 0 Å². The molecule has 19 heavy (non-hydrogen) atoms. The van der Waals surface area contributed by atoms with Crippen LogP contribution in [0, 0.1) is 6.92 Å². The van der Waals surface area contributed by atoms with E-state index in [2.05, 4.69) is 29.6 Å². The Bertz CT molecular complexity index is 602.